The summed E-state index contributed by atoms with van der Waals surface area (Å²) in [4.78, 5) is 17.2. The number of carbonyl (C=O) groups excluding carboxylic acids is 1. The normalized spacial score (nSPS) is 14.2. The maximum Gasteiger partial charge on any atom is 0.243 e. The molecule has 9 nitrogen and oxygen atoms in total. The lowest BCUT2D eigenvalue weighted by molar-refractivity contribution is -0.131. The molecule has 1 aliphatic rings. The van der Waals surface area contributed by atoms with Gasteiger partial charge in [0, 0.05) is 31.7 Å². The van der Waals surface area contributed by atoms with Gasteiger partial charge in [0.1, 0.15) is 5.76 Å². The summed E-state index contributed by atoms with van der Waals surface area (Å²) in [5.41, 5.74) is 2.76. The Morgan fingerprint density at radius 3 is 2.26 bits per heavy atom. The number of benzene rings is 2. The second-order valence-corrected chi connectivity index (χ2v) is 11.1. The van der Waals surface area contributed by atoms with Crippen molar-refractivity contribution in [2.24, 2.45) is 0 Å². The molecular weight excluding hydrogens is 502 g/mol. The van der Waals surface area contributed by atoms with Gasteiger partial charge in [0.2, 0.25) is 15.9 Å². The number of amides is 1. The molecule has 2 aromatic heterocycles. The lowest BCUT2D eigenvalue weighted by Gasteiger charge is -2.36. The van der Waals surface area contributed by atoms with Crippen molar-refractivity contribution in [2.75, 3.05) is 37.6 Å². The van der Waals surface area contributed by atoms with Gasteiger partial charge in [-0.25, -0.2) is 8.42 Å². The average Bonchev–Trinajstić information content (AvgIpc) is 3.47. The van der Waals surface area contributed by atoms with Gasteiger partial charge in [-0.05, 0) is 43.3 Å². The van der Waals surface area contributed by atoms with Gasteiger partial charge in [0.05, 0.1) is 29.9 Å². The maximum atomic E-state index is 13.4. The zero-order valence-electron chi connectivity index (χ0n) is 21.1. The van der Waals surface area contributed by atoms with E-state index in [2.05, 4.69) is 15.1 Å². The number of sulfonamides is 1. The fourth-order valence-electron chi connectivity index (χ4n) is 4.35. The van der Waals surface area contributed by atoms with Crippen molar-refractivity contribution in [1.29, 1.82) is 0 Å². The minimum atomic E-state index is -3.91. The molecule has 4 aromatic rings. The molecule has 10 heteroatoms. The zero-order chi connectivity index (χ0) is 26.5. The molecule has 1 amide bonds. The van der Waals surface area contributed by atoms with E-state index >= 15 is 0 Å². The van der Waals surface area contributed by atoms with Crippen molar-refractivity contribution in [3.8, 4) is 11.3 Å². The highest BCUT2D eigenvalue weighted by Gasteiger charge is 2.31. The van der Waals surface area contributed by atoms with Crippen LogP contribution in [0.5, 0.6) is 0 Å². The Hall–Kier alpha value is -4.02. The number of piperazine rings is 1. The molecule has 1 aliphatic heterocycles. The molecule has 0 atom stereocenters. The van der Waals surface area contributed by atoms with Crippen LogP contribution in [0.3, 0.4) is 0 Å². The van der Waals surface area contributed by atoms with E-state index in [4.69, 9.17) is 4.42 Å². The highest BCUT2D eigenvalue weighted by atomic mass is 32.2. The van der Waals surface area contributed by atoms with Gasteiger partial charge in [0.25, 0.3) is 0 Å². The summed E-state index contributed by atoms with van der Waals surface area (Å²) >= 11 is 0. The first-order chi connectivity index (χ1) is 18.4. The van der Waals surface area contributed by atoms with E-state index in [0.717, 1.165) is 22.6 Å². The number of carbonyl (C=O) groups is 1. The summed E-state index contributed by atoms with van der Waals surface area (Å²) in [7, 11) is -3.91. The van der Waals surface area contributed by atoms with E-state index in [0.29, 0.717) is 31.9 Å². The molecule has 0 spiro atoms. The van der Waals surface area contributed by atoms with Gasteiger partial charge >= 0.3 is 0 Å². The maximum absolute atomic E-state index is 13.4. The smallest absolute Gasteiger partial charge is 0.243 e. The van der Waals surface area contributed by atoms with Crippen LogP contribution in [0.1, 0.15) is 11.3 Å². The van der Waals surface area contributed by atoms with Crippen LogP contribution in [-0.2, 0) is 21.4 Å². The van der Waals surface area contributed by atoms with Gasteiger partial charge in [0.15, 0.2) is 5.82 Å². The van der Waals surface area contributed by atoms with E-state index in [-0.39, 0.29) is 23.9 Å². The first-order valence-electron chi connectivity index (χ1n) is 12.4. The summed E-state index contributed by atoms with van der Waals surface area (Å²) in [5.74, 6) is 0.964. The lowest BCUT2D eigenvalue weighted by atomic mass is 10.1. The monoisotopic (exact) mass is 531 g/mol. The molecule has 1 saturated heterocycles. The van der Waals surface area contributed by atoms with Gasteiger partial charge in [-0.3, -0.25) is 4.79 Å². The third-order valence-corrected chi connectivity index (χ3v) is 8.36. The standard InChI is InChI=1S/C28H29N5O4S/c1-22-9-11-25(12-10-22)38(35,36)33(20-24-8-5-19-37-24)21-28(34)32-17-15-31(16-18-32)27-14-13-26(29-30-27)23-6-3-2-4-7-23/h2-14,19H,15-18,20-21H2,1H3. The van der Waals surface area contributed by atoms with Crippen LogP contribution in [0.15, 0.2) is 94.4 Å². The molecule has 196 valence electrons. The number of hydrogen-bond acceptors (Lipinski definition) is 7. The molecule has 0 radical (unpaired) electrons. The fraction of sp³-hybridized carbons (Fsp3) is 0.250. The molecule has 5 rings (SSSR count). The molecule has 1 fully saturated rings. The minimum absolute atomic E-state index is 0.0295. The third kappa shape index (κ3) is 5.76. The Balaban J connectivity index is 1.24. The van der Waals surface area contributed by atoms with Crippen LogP contribution in [0.2, 0.25) is 0 Å². The SMILES string of the molecule is Cc1ccc(S(=O)(=O)N(CC(=O)N2CCN(c3ccc(-c4ccccc4)nn3)CC2)Cc2ccco2)cc1. The number of anilines is 1. The number of nitrogens with zero attached hydrogens (tertiary/aromatic N) is 5. The van der Waals surface area contributed by atoms with Crippen molar-refractivity contribution in [3.63, 3.8) is 0 Å². The highest BCUT2D eigenvalue weighted by Crippen LogP contribution is 2.21. The Kier molecular flexibility index (Phi) is 7.52. The molecule has 3 heterocycles. The highest BCUT2D eigenvalue weighted by molar-refractivity contribution is 7.89. The van der Waals surface area contributed by atoms with Crippen molar-refractivity contribution in [3.05, 3.63) is 96.4 Å². The van der Waals surface area contributed by atoms with Crippen LogP contribution in [0.4, 0.5) is 5.82 Å². The Labute approximate surface area is 222 Å². The molecule has 0 N–H and O–H groups in total. The summed E-state index contributed by atoms with van der Waals surface area (Å²) in [6, 6.07) is 23.7. The van der Waals surface area contributed by atoms with E-state index in [1.807, 2.05) is 49.4 Å². The molecule has 0 bridgehead atoms. The average molecular weight is 532 g/mol. The number of aryl methyl sites for hydroxylation is 1. The van der Waals surface area contributed by atoms with E-state index < -0.39 is 10.0 Å². The molecular formula is C28H29N5O4S. The number of rotatable bonds is 8. The second kappa shape index (κ2) is 11.2. The summed E-state index contributed by atoms with van der Waals surface area (Å²) < 4.78 is 33.5. The van der Waals surface area contributed by atoms with Crippen molar-refractivity contribution < 1.29 is 17.6 Å². The zero-order valence-corrected chi connectivity index (χ0v) is 21.9. The van der Waals surface area contributed by atoms with Gasteiger partial charge in [-0.1, -0.05) is 48.0 Å². The summed E-state index contributed by atoms with van der Waals surface area (Å²) in [6.45, 7) is 3.66. The topological polar surface area (TPSA) is 99.9 Å². The van der Waals surface area contributed by atoms with Crippen LogP contribution < -0.4 is 4.90 Å². The van der Waals surface area contributed by atoms with Crippen LogP contribution in [-0.4, -0.2) is 66.5 Å². The van der Waals surface area contributed by atoms with E-state index in [1.54, 1.807) is 41.3 Å². The van der Waals surface area contributed by atoms with Gasteiger partial charge in [-0.15, -0.1) is 10.2 Å². The van der Waals surface area contributed by atoms with Gasteiger partial charge < -0.3 is 14.2 Å². The van der Waals surface area contributed by atoms with E-state index in [9.17, 15) is 13.2 Å². The first kappa shape index (κ1) is 25.6. The number of furan rings is 1. The number of hydrogen-bond donors (Lipinski definition) is 0. The molecule has 0 saturated carbocycles. The third-order valence-electron chi connectivity index (χ3n) is 6.56. The largest absolute Gasteiger partial charge is 0.468 e. The molecule has 38 heavy (non-hydrogen) atoms. The predicted octanol–water partition coefficient (Wildman–Crippen LogP) is 3.58. The van der Waals surface area contributed by atoms with Crippen LogP contribution in [0.25, 0.3) is 11.3 Å². The Morgan fingerprint density at radius 1 is 0.895 bits per heavy atom. The van der Waals surface area contributed by atoms with Crippen molar-refractivity contribution in [2.45, 2.75) is 18.4 Å². The van der Waals surface area contributed by atoms with Gasteiger partial charge in [-0.2, -0.15) is 4.31 Å². The quantitative estimate of drug-likeness (QED) is 0.343. The molecule has 0 unspecified atom stereocenters. The van der Waals surface area contributed by atoms with E-state index in [1.165, 1.54) is 10.6 Å². The second-order valence-electron chi connectivity index (χ2n) is 9.18. The predicted molar refractivity (Wildman–Crippen MR) is 144 cm³/mol. The summed E-state index contributed by atoms with van der Waals surface area (Å²) in [6.07, 6.45) is 1.49. The van der Waals surface area contributed by atoms with Crippen LogP contribution >= 0.6 is 0 Å². The molecule has 2 aromatic carbocycles. The Bertz CT molecular complexity index is 1450. The van der Waals surface area contributed by atoms with Crippen molar-refractivity contribution in [1.82, 2.24) is 19.4 Å². The number of aromatic nitrogens is 2. The lowest BCUT2D eigenvalue weighted by Crippen LogP contribution is -2.52. The van der Waals surface area contributed by atoms with Crippen LogP contribution in [0, 0.1) is 6.92 Å². The first-order valence-corrected chi connectivity index (χ1v) is 13.9. The minimum Gasteiger partial charge on any atom is -0.468 e. The molecule has 0 aliphatic carbocycles. The van der Waals surface area contributed by atoms with Crippen molar-refractivity contribution >= 4 is 21.7 Å². The Morgan fingerprint density at radius 2 is 1.63 bits per heavy atom. The summed E-state index contributed by atoms with van der Waals surface area (Å²) in [5, 5.41) is 8.75. The fourth-order valence-corrected chi connectivity index (χ4v) is 5.71.